The van der Waals surface area contributed by atoms with Gasteiger partial charge in [-0.1, -0.05) is 42.5 Å². The lowest BCUT2D eigenvalue weighted by Gasteiger charge is -2.11. The van der Waals surface area contributed by atoms with Crippen molar-refractivity contribution in [2.45, 2.75) is 12.5 Å². The highest BCUT2D eigenvalue weighted by atomic mass is 19.2. The molecule has 2 nitrogen and oxygen atoms in total. The van der Waals surface area contributed by atoms with Crippen LogP contribution in [0.1, 0.15) is 17.2 Å². The van der Waals surface area contributed by atoms with Gasteiger partial charge in [0, 0.05) is 6.42 Å². The van der Waals surface area contributed by atoms with E-state index in [1.165, 1.54) is 12.1 Å². The minimum Gasteiger partial charge on any atom is -0.318 e. The van der Waals surface area contributed by atoms with E-state index in [0.29, 0.717) is 5.56 Å². The fraction of sp³-hybridized carbons (Fsp3) is 0.133. The summed E-state index contributed by atoms with van der Waals surface area (Å²) in [5.74, 6) is -2.30. The fourth-order valence-electron chi connectivity index (χ4n) is 1.83. The molecule has 0 aliphatic rings. The molecule has 19 heavy (non-hydrogen) atoms. The molecule has 0 aromatic heterocycles. The molecule has 0 fully saturated rings. The number of carbonyl (C=O) groups excluding carboxylic acids is 1. The Balaban J connectivity index is 2.15. The molecule has 0 spiro atoms. The second kappa shape index (κ2) is 5.71. The fourth-order valence-corrected chi connectivity index (χ4v) is 1.83. The van der Waals surface area contributed by atoms with Gasteiger partial charge in [-0.15, -0.1) is 0 Å². The van der Waals surface area contributed by atoms with E-state index in [4.69, 9.17) is 5.73 Å². The molecule has 4 heteroatoms. The summed E-state index contributed by atoms with van der Waals surface area (Å²) >= 11 is 0. The predicted octanol–water partition coefficient (Wildman–Crippen LogP) is 2.78. The van der Waals surface area contributed by atoms with Crippen LogP contribution in [0.3, 0.4) is 0 Å². The highest BCUT2D eigenvalue weighted by Gasteiger charge is 2.18. The van der Waals surface area contributed by atoms with Gasteiger partial charge in [0.05, 0.1) is 6.04 Å². The molecule has 0 heterocycles. The summed E-state index contributed by atoms with van der Waals surface area (Å²) < 4.78 is 26.5. The van der Waals surface area contributed by atoms with Crippen molar-refractivity contribution in [3.05, 3.63) is 71.3 Å². The minimum atomic E-state index is -0.990. The van der Waals surface area contributed by atoms with Crippen molar-refractivity contribution >= 4 is 5.78 Å². The number of ketones is 1. The van der Waals surface area contributed by atoms with Crippen molar-refractivity contribution in [1.82, 2.24) is 0 Å². The van der Waals surface area contributed by atoms with Gasteiger partial charge in [0.25, 0.3) is 0 Å². The van der Waals surface area contributed by atoms with Crippen LogP contribution in [0.2, 0.25) is 0 Å². The number of carbonyl (C=O) groups is 1. The summed E-state index contributed by atoms with van der Waals surface area (Å²) in [6.07, 6.45) is -0.223. The van der Waals surface area contributed by atoms with E-state index in [1.807, 2.05) is 6.07 Å². The maximum absolute atomic E-state index is 13.5. The van der Waals surface area contributed by atoms with Crippen molar-refractivity contribution in [1.29, 1.82) is 0 Å². The summed E-state index contributed by atoms with van der Waals surface area (Å²) in [5.41, 5.74) is 6.49. The van der Waals surface area contributed by atoms with Gasteiger partial charge in [0.2, 0.25) is 0 Å². The van der Waals surface area contributed by atoms with E-state index in [9.17, 15) is 13.6 Å². The Hall–Kier alpha value is -2.07. The van der Waals surface area contributed by atoms with Crippen LogP contribution in [0.15, 0.2) is 48.5 Å². The first-order chi connectivity index (χ1) is 9.09. The van der Waals surface area contributed by atoms with Crippen molar-refractivity contribution < 1.29 is 13.6 Å². The second-order valence-corrected chi connectivity index (χ2v) is 4.24. The average Bonchev–Trinajstić information content (AvgIpc) is 2.44. The summed E-state index contributed by atoms with van der Waals surface area (Å²) in [6.45, 7) is 0. The quantitative estimate of drug-likeness (QED) is 0.919. The normalized spacial score (nSPS) is 12.2. The first-order valence-corrected chi connectivity index (χ1v) is 5.85. The second-order valence-electron chi connectivity index (χ2n) is 4.24. The van der Waals surface area contributed by atoms with E-state index < -0.39 is 17.7 Å². The average molecular weight is 261 g/mol. The number of nitrogens with two attached hydrogens (primary N) is 1. The largest absolute Gasteiger partial charge is 0.318 e. The Bertz CT molecular complexity index is 584. The SMILES string of the molecule is NC(C(=O)Cc1cccc(F)c1F)c1ccccc1. The van der Waals surface area contributed by atoms with Gasteiger partial charge in [-0.05, 0) is 17.2 Å². The molecule has 0 amide bonds. The van der Waals surface area contributed by atoms with Gasteiger partial charge in [0.1, 0.15) is 0 Å². The molecule has 2 N–H and O–H groups in total. The van der Waals surface area contributed by atoms with E-state index in [2.05, 4.69) is 0 Å². The number of benzene rings is 2. The minimum absolute atomic E-state index is 0.0244. The van der Waals surface area contributed by atoms with Crippen LogP contribution in [0.5, 0.6) is 0 Å². The predicted molar refractivity (Wildman–Crippen MR) is 68.4 cm³/mol. The van der Waals surface area contributed by atoms with Crippen LogP contribution in [-0.2, 0) is 11.2 Å². The first kappa shape index (κ1) is 13.4. The van der Waals surface area contributed by atoms with E-state index in [1.54, 1.807) is 24.3 Å². The Labute approximate surface area is 109 Å². The zero-order valence-electron chi connectivity index (χ0n) is 10.1. The van der Waals surface area contributed by atoms with Crippen molar-refractivity contribution in [3.63, 3.8) is 0 Å². The van der Waals surface area contributed by atoms with Gasteiger partial charge in [-0.3, -0.25) is 4.79 Å². The Kier molecular flexibility index (Phi) is 4.02. The van der Waals surface area contributed by atoms with E-state index >= 15 is 0 Å². The zero-order chi connectivity index (χ0) is 13.8. The summed E-state index contributed by atoms with van der Waals surface area (Å²) in [6, 6.07) is 11.7. The van der Waals surface area contributed by atoms with Gasteiger partial charge in [-0.2, -0.15) is 0 Å². The van der Waals surface area contributed by atoms with Gasteiger partial charge < -0.3 is 5.73 Å². The highest BCUT2D eigenvalue weighted by Crippen LogP contribution is 2.17. The Morgan fingerprint density at radius 3 is 2.42 bits per heavy atom. The number of hydrogen-bond donors (Lipinski definition) is 1. The lowest BCUT2D eigenvalue weighted by atomic mass is 9.98. The van der Waals surface area contributed by atoms with Gasteiger partial charge >= 0.3 is 0 Å². The maximum Gasteiger partial charge on any atom is 0.162 e. The molecule has 0 saturated carbocycles. The van der Waals surface area contributed by atoms with Crippen LogP contribution < -0.4 is 5.73 Å². The van der Waals surface area contributed by atoms with E-state index in [0.717, 1.165) is 6.07 Å². The molecule has 0 aliphatic heterocycles. The highest BCUT2D eigenvalue weighted by molar-refractivity contribution is 5.87. The van der Waals surface area contributed by atoms with E-state index in [-0.39, 0.29) is 17.8 Å². The third kappa shape index (κ3) is 3.03. The topological polar surface area (TPSA) is 43.1 Å². The van der Waals surface area contributed by atoms with Crippen LogP contribution >= 0.6 is 0 Å². The molecule has 1 unspecified atom stereocenters. The lowest BCUT2D eigenvalue weighted by Crippen LogP contribution is -2.23. The van der Waals surface area contributed by atoms with Gasteiger partial charge in [-0.25, -0.2) is 8.78 Å². The molecule has 98 valence electrons. The Morgan fingerprint density at radius 1 is 1.05 bits per heavy atom. The molecule has 0 bridgehead atoms. The number of Topliss-reactive ketones (excluding diaryl/α,β-unsaturated/α-hetero) is 1. The van der Waals surface area contributed by atoms with Gasteiger partial charge in [0.15, 0.2) is 17.4 Å². The third-order valence-electron chi connectivity index (χ3n) is 2.90. The summed E-state index contributed by atoms with van der Waals surface area (Å²) in [7, 11) is 0. The number of rotatable bonds is 4. The van der Waals surface area contributed by atoms with Crippen LogP contribution in [-0.4, -0.2) is 5.78 Å². The maximum atomic E-state index is 13.5. The van der Waals surface area contributed by atoms with Crippen molar-refractivity contribution in [2.75, 3.05) is 0 Å². The third-order valence-corrected chi connectivity index (χ3v) is 2.90. The molecule has 0 radical (unpaired) electrons. The Morgan fingerprint density at radius 2 is 1.74 bits per heavy atom. The molecule has 2 aromatic carbocycles. The molecule has 2 aromatic rings. The first-order valence-electron chi connectivity index (χ1n) is 5.85. The number of halogens is 2. The van der Waals surface area contributed by atoms with Crippen LogP contribution in [0, 0.1) is 11.6 Å². The van der Waals surface area contributed by atoms with Crippen molar-refractivity contribution in [3.8, 4) is 0 Å². The summed E-state index contributed by atoms with van der Waals surface area (Å²) in [4.78, 5) is 12.0. The van der Waals surface area contributed by atoms with Crippen LogP contribution in [0.4, 0.5) is 8.78 Å². The van der Waals surface area contributed by atoms with Crippen LogP contribution in [0.25, 0.3) is 0 Å². The molecule has 0 aliphatic carbocycles. The zero-order valence-corrected chi connectivity index (χ0v) is 10.1. The smallest absolute Gasteiger partial charge is 0.162 e. The number of hydrogen-bond acceptors (Lipinski definition) is 2. The molecule has 0 saturated heterocycles. The summed E-state index contributed by atoms with van der Waals surface area (Å²) in [5, 5.41) is 0. The molecule has 1 atom stereocenters. The lowest BCUT2D eigenvalue weighted by molar-refractivity contribution is -0.119. The molecular formula is C15H13F2NO. The molecular weight excluding hydrogens is 248 g/mol. The molecule has 2 rings (SSSR count). The standard InChI is InChI=1S/C15H13F2NO/c16-12-8-4-7-11(14(12)17)9-13(19)15(18)10-5-2-1-3-6-10/h1-8,15H,9,18H2. The van der Waals surface area contributed by atoms with Crippen molar-refractivity contribution in [2.24, 2.45) is 5.73 Å². The monoisotopic (exact) mass is 261 g/mol.